The van der Waals surface area contributed by atoms with Crippen molar-refractivity contribution in [2.75, 3.05) is 38.7 Å². The van der Waals surface area contributed by atoms with E-state index in [1.165, 1.54) is 35.4 Å². The molecule has 1 aliphatic carbocycles. The van der Waals surface area contributed by atoms with E-state index in [9.17, 15) is 69.7 Å². The number of phosphoric acid groups is 2. The Morgan fingerprint density at radius 2 is 1.29 bits per heavy atom. The van der Waals surface area contributed by atoms with Crippen molar-refractivity contribution in [1.29, 1.82) is 5.41 Å². The predicted octanol–water partition coefficient (Wildman–Crippen LogP) is -9.38. The van der Waals surface area contributed by atoms with Crippen molar-refractivity contribution >= 4 is 21.5 Å². The van der Waals surface area contributed by atoms with Gasteiger partial charge in [-0.2, -0.15) is 4.98 Å². The number of ether oxygens (including phenoxy) is 8. The van der Waals surface area contributed by atoms with Crippen LogP contribution in [0.5, 0.6) is 6.01 Å². The molecule has 3 aromatic rings. The highest BCUT2D eigenvalue weighted by molar-refractivity contribution is 7.47. The van der Waals surface area contributed by atoms with Crippen LogP contribution >= 0.6 is 15.6 Å². The van der Waals surface area contributed by atoms with Crippen LogP contribution in [0.25, 0.3) is 0 Å². The SMILES string of the molecule is N=c1ccn([C@H]2C[C@H](O)[C@@H](COP(=O)(O)O[C@H]3C[C@H](n4ccc(N)nc4=O)O[C@@H]3COP(=O)(O)OCCCCc3cn(C[C@H]4O[C@H](O[C@H]5[C@H](O[C@@H]6O[C@H](CO)[C@@H](O[C@H]7O[C@@H](CN)[C@@H](O)[C@H](O)[C@H]7N)[C@H]6O)[C@@H](O)[C@H](N)C[C@@H]5N)[C@H](N)[C@@H](O)[C@@H]4O)nn3)O2)c([O-])n1. The maximum absolute atomic E-state index is 13.3. The largest absolute Gasteiger partial charge is 0.846 e. The van der Waals surface area contributed by atoms with Gasteiger partial charge in [-0.1, -0.05) is 5.21 Å². The van der Waals surface area contributed by atoms with Gasteiger partial charge >= 0.3 is 21.3 Å². The summed E-state index contributed by atoms with van der Waals surface area (Å²) in [7, 11) is -9.96. The second kappa shape index (κ2) is 29.4. The summed E-state index contributed by atoms with van der Waals surface area (Å²) in [5.74, 6) is -0.112. The highest BCUT2D eigenvalue weighted by atomic mass is 31.2. The minimum Gasteiger partial charge on any atom is -0.846 e. The van der Waals surface area contributed by atoms with E-state index in [2.05, 4.69) is 20.3 Å². The first-order valence-corrected chi connectivity index (χ1v) is 31.3. The number of hydrogen-bond donors (Lipinski definition) is 17. The summed E-state index contributed by atoms with van der Waals surface area (Å²) >= 11 is 0. The molecule has 0 spiro atoms. The second-order valence-electron chi connectivity index (χ2n) is 22.2. The number of nitrogens with two attached hydrogens (primary N) is 6. The molecule has 1 saturated carbocycles. The Morgan fingerprint density at radius 1 is 0.674 bits per heavy atom. The average Bonchev–Trinajstić information content (AvgIpc) is 2.26. The Kier molecular flexibility index (Phi) is 22.9. The van der Waals surface area contributed by atoms with Crippen LogP contribution in [0.1, 0.15) is 50.3 Å². The summed E-state index contributed by atoms with van der Waals surface area (Å²) in [5.41, 5.74) is 35.7. The normalized spacial score (nSPS) is 39.9. The van der Waals surface area contributed by atoms with Crippen LogP contribution in [0.2, 0.25) is 0 Å². The van der Waals surface area contributed by atoms with Crippen LogP contribution in [0, 0.1) is 5.41 Å². The highest BCUT2D eigenvalue weighted by Crippen LogP contribution is 2.51. The smallest absolute Gasteiger partial charge is 0.472 e. The monoisotopic (exact) mass is 1320 g/mol. The second-order valence-corrected chi connectivity index (χ2v) is 25.1. The number of aliphatic hydroxyl groups excluding tert-OH is 8. The van der Waals surface area contributed by atoms with Crippen molar-refractivity contribution in [3.63, 3.8) is 0 Å². The summed E-state index contributed by atoms with van der Waals surface area (Å²) in [6.07, 6.45) is -25.4. The molecule has 27 atom stereocenters. The number of aromatic nitrogens is 7. The summed E-state index contributed by atoms with van der Waals surface area (Å²) in [5, 5.41) is 115. The molecule has 6 fully saturated rings. The molecule has 8 heterocycles. The number of nitrogens with zero attached hydrogens (tertiary/aromatic N) is 7. The molecular formula is C47H77N14O26P2-. The van der Waals surface area contributed by atoms with E-state index < -0.39 is 200 Å². The maximum atomic E-state index is 13.3. The zero-order chi connectivity index (χ0) is 64.4. The van der Waals surface area contributed by atoms with Gasteiger partial charge in [0.1, 0.15) is 109 Å². The number of nitrogens with one attached hydrogen (secondary N) is 1. The van der Waals surface area contributed by atoms with Gasteiger partial charge in [0, 0.05) is 50.1 Å². The highest BCUT2D eigenvalue weighted by Gasteiger charge is 2.55. The molecule has 0 bridgehead atoms. The first kappa shape index (κ1) is 69.2. The standard InChI is InChI=1S/C47H78N14O26P2/c48-12-23-35(65)37(67)32(53)43(81-23)85-41-25(15-62)83-45(39(41)69)86-42-34(64)19(49)9-20(50)40(42)84-44-33(54)38(68)36(66)24(82-44)14-59-13-18(57-58-59)3-1-2-8-76-88(72,73)77-17-27-22(11-31(80-27)61-7-5-29(52)56-47(61)71)87-89(74,75)78-16-26-21(63)10-30(79-26)60-6-4-28(51)55-46(60)70/h4-7,13,19-27,30-45,62-69H,1-3,8-12,14-17,48-50,53-54H2,(H,72,73)(H,74,75)(H2,51,55,70)(H2,52,56,71)/p-1/t19-,20+,21+,22+,23+,24-,25-,26-,27-,30-,31-,32-,33-,34+,35-,36-,37-,38-,39-,40-,41-,42-,43-,44-,45+/m1/s1. The van der Waals surface area contributed by atoms with Gasteiger partial charge in [-0.05, 0) is 37.8 Å². The molecule has 502 valence electrons. The first-order chi connectivity index (χ1) is 42.1. The van der Waals surface area contributed by atoms with Crippen LogP contribution in [-0.4, -0.2) is 258 Å². The number of aryl methyl sites for hydroxylation is 1. The third-order valence-electron chi connectivity index (χ3n) is 15.9. The molecule has 0 radical (unpaired) electrons. The number of hydrogen-bond acceptors (Lipinski definition) is 35. The molecule has 0 amide bonds. The van der Waals surface area contributed by atoms with E-state index in [1.54, 1.807) is 0 Å². The number of aliphatic hydroxyl groups is 8. The number of unbranched alkanes of at least 4 members (excludes halogenated alkanes) is 1. The van der Waals surface area contributed by atoms with Gasteiger partial charge in [0.15, 0.2) is 18.9 Å². The van der Waals surface area contributed by atoms with Gasteiger partial charge in [-0.25, -0.2) is 23.6 Å². The number of nitrogen functional groups attached to an aromatic ring is 1. The van der Waals surface area contributed by atoms with Crippen molar-refractivity contribution in [3.8, 4) is 6.01 Å². The maximum Gasteiger partial charge on any atom is 0.472 e. The van der Waals surface area contributed by atoms with E-state index in [0.29, 0.717) is 12.1 Å². The summed E-state index contributed by atoms with van der Waals surface area (Å²) in [4.78, 5) is 41.3. The topological polar surface area (TPSA) is 634 Å². The van der Waals surface area contributed by atoms with Crippen LogP contribution in [0.3, 0.4) is 0 Å². The summed E-state index contributed by atoms with van der Waals surface area (Å²) < 4.78 is 98.0. The van der Waals surface area contributed by atoms with Gasteiger partial charge in [0.05, 0.1) is 69.0 Å². The van der Waals surface area contributed by atoms with Gasteiger partial charge in [-0.3, -0.25) is 28.1 Å². The molecule has 40 nitrogen and oxygen atoms in total. The zero-order valence-electron chi connectivity index (χ0n) is 47.3. The fourth-order valence-electron chi connectivity index (χ4n) is 11.0. The molecule has 23 N–H and O–H groups in total. The molecule has 89 heavy (non-hydrogen) atoms. The molecule has 6 aliphatic rings. The average molecular weight is 1320 g/mol. The van der Waals surface area contributed by atoms with Crippen LogP contribution in [0.15, 0.2) is 35.5 Å². The van der Waals surface area contributed by atoms with Gasteiger partial charge in [0.2, 0.25) is 0 Å². The van der Waals surface area contributed by atoms with Crippen molar-refractivity contribution in [3.05, 3.63) is 52.4 Å². The lowest BCUT2D eigenvalue weighted by molar-refractivity contribution is -0.309. The fraction of sp³-hybridized carbons (Fsp3) is 0.787. The van der Waals surface area contributed by atoms with Crippen molar-refractivity contribution in [1.82, 2.24) is 34.1 Å². The van der Waals surface area contributed by atoms with Crippen molar-refractivity contribution in [2.45, 2.75) is 198 Å². The van der Waals surface area contributed by atoms with E-state index in [0.717, 1.165) is 9.13 Å². The number of phosphoric ester groups is 2. The number of anilines is 1. The molecular weight excluding hydrogens is 1240 g/mol. The van der Waals surface area contributed by atoms with Gasteiger partial charge in [-0.15, -0.1) is 5.10 Å². The minimum absolute atomic E-state index is 0.0278. The third kappa shape index (κ3) is 16.5. The third-order valence-corrected chi connectivity index (χ3v) is 17.9. The quantitative estimate of drug-likeness (QED) is 0.0262. The Hall–Kier alpha value is -4.12. The summed E-state index contributed by atoms with van der Waals surface area (Å²) in [6.45, 7) is -3.00. The lowest BCUT2D eigenvalue weighted by Gasteiger charge is -2.47. The minimum atomic E-state index is -5.08. The fourth-order valence-corrected chi connectivity index (χ4v) is 12.8. The Morgan fingerprint density at radius 3 is 1.98 bits per heavy atom. The van der Waals surface area contributed by atoms with Crippen LogP contribution in [-0.2, 0) is 78.1 Å². The molecule has 9 rings (SSSR count). The molecule has 0 aromatic carbocycles. The molecule has 5 aliphatic heterocycles. The Balaban J connectivity index is 0.748. The van der Waals surface area contributed by atoms with Crippen molar-refractivity contribution < 1.29 is 121 Å². The predicted molar refractivity (Wildman–Crippen MR) is 288 cm³/mol. The van der Waals surface area contributed by atoms with E-state index >= 15 is 0 Å². The van der Waals surface area contributed by atoms with Crippen LogP contribution in [0.4, 0.5) is 5.82 Å². The summed E-state index contributed by atoms with van der Waals surface area (Å²) in [6, 6.07) is -3.05. The molecule has 3 aromatic heterocycles. The zero-order valence-corrected chi connectivity index (χ0v) is 49.1. The van der Waals surface area contributed by atoms with Gasteiger partial charge in [0.25, 0.3) is 0 Å². The van der Waals surface area contributed by atoms with E-state index in [1.807, 2.05) is 0 Å². The lowest BCUT2D eigenvalue weighted by Crippen LogP contribution is -2.68. The van der Waals surface area contributed by atoms with Crippen molar-refractivity contribution in [2.24, 2.45) is 28.7 Å². The molecule has 42 heteroatoms. The van der Waals surface area contributed by atoms with E-state index in [4.69, 9.17) is 95.8 Å². The lowest BCUT2D eigenvalue weighted by atomic mass is 9.84. The number of rotatable bonds is 26. The molecule has 2 unspecified atom stereocenters. The molecule has 5 saturated heterocycles. The Labute approximate surface area is 504 Å². The van der Waals surface area contributed by atoms with E-state index in [-0.39, 0.29) is 63.1 Å². The van der Waals surface area contributed by atoms with Crippen LogP contribution < -0.4 is 50.7 Å². The Bertz CT molecular complexity index is 3040. The first-order valence-electron chi connectivity index (χ1n) is 28.3. The van der Waals surface area contributed by atoms with Gasteiger partial charge < -0.3 is 133 Å².